The van der Waals surface area contributed by atoms with Crippen molar-refractivity contribution < 1.29 is 29.3 Å². The highest BCUT2D eigenvalue weighted by Crippen LogP contribution is 2.65. The Balaban J connectivity index is 1.91. The Kier molecular flexibility index (Phi) is 7.05. The lowest BCUT2D eigenvalue weighted by atomic mass is 9.62. The molecule has 1 aromatic carbocycles. The average molecular weight is 513 g/mol. The largest absolute Gasteiger partial charge is 0.481 e. The van der Waals surface area contributed by atoms with Crippen molar-refractivity contribution in [3.8, 4) is 0 Å². The number of carboxylic acids is 1. The molecule has 1 spiro atoms. The molecule has 202 valence electrons. The lowest BCUT2D eigenvalue weighted by molar-refractivity contribution is -0.157. The number of rotatable bonds is 9. The van der Waals surface area contributed by atoms with Gasteiger partial charge < -0.3 is 24.7 Å². The van der Waals surface area contributed by atoms with Crippen LogP contribution in [0.1, 0.15) is 51.7 Å². The molecule has 3 unspecified atom stereocenters. The summed E-state index contributed by atoms with van der Waals surface area (Å²) in [6.07, 6.45) is 2.51. The molecule has 4 rings (SSSR count). The number of likely N-dealkylation sites (tertiary alicyclic amines) is 1. The Hall–Kier alpha value is -2.71. The molecule has 8 nitrogen and oxygen atoms in total. The van der Waals surface area contributed by atoms with E-state index in [0.29, 0.717) is 18.5 Å². The summed E-state index contributed by atoms with van der Waals surface area (Å²) in [4.78, 5) is 44.5. The van der Waals surface area contributed by atoms with E-state index in [9.17, 15) is 24.6 Å². The van der Waals surface area contributed by atoms with E-state index in [1.165, 1.54) is 4.90 Å². The van der Waals surface area contributed by atoms with Crippen molar-refractivity contribution in [1.29, 1.82) is 0 Å². The molecular formula is C29H40N2O6. The number of nitrogens with zero attached hydrogens (tertiary/aromatic N) is 2. The minimum absolute atomic E-state index is 0.144. The maximum absolute atomic E-state index is 14.6. The van der Waals surface area contributed by atoms with Crippen LogP contribution in [0.2, 0.25) is 0 Å². The third kappa shape index (κ3) is 4.00. The number of hydrogen-bond donors (Lipinski definition) is 2. The number of carboxylic acid groups (broad SMARTS) is 1. The van der Waals surface area contributed by atoms with E-state index in [4.69, 9.17) is 4.74 Å². The zero-order valence-electron chi connectivity index (χ0n) is 22.7. The maximum Gasteiger partial charge on any atom is 0.310 e. The molecule has 3 aliphatic rings. The van der Waals surface area contributed by atoms with Gasteiger partial charge >= 0.3 is 5.97 Å². The highest BCUT2D eigenvalue weighted by atomic mass is 16.5. The monoisotopic (exact) mass is 512 g/mol. The van der Waals surface area contributed by atoms with Gasteiger partial charge in [-0.15, -0.1) is 6.58 Å². The first-order chi connectivity index (χ1) is 17.3. The number of carbonyl (C=O) groups is 3. The predicted molar refractivity (Wildman–Crippen MR) is 140 cm³/mol. The number of hydrogen-bond acceptors (Lipinski definition) is 5. The first-order valence-electron chi connectivity index (χ1n) is 13.2. The second kappa shape index (κ2) is 9.55. The summed E-state index contributed by atoms with van der Waals surface area (Å²) in [5.41, 5.74) is 0.241. The molecule has 2 bridgehead atoms. The van der Waals surface area contributed by atoms with E-state index in [1.54, 1.807) is 17.9 Å². The third-order valence-corrected chi connectivity index (χ3v) is 8.83. The molecule has 3 heterocycles. The summed E-state index contributed by atoms with van der Waals surface area (Å²) in [6, 6.07) is 4.16. The number of aliphatic carboxylic acids is 1. The average Bonchev–Trinajstić information content (AvgIpc) is 3.34. The fraction of sp³-hybridized carbons (Fsp3) is 0.621. The van der Waals surface area contributed by atoms with Gasteiger partial charge in [0.15, 0.2) is 0 Å². The molecule has 3 aliphatic heterocycles. The molecule has 0 aromatic heterocycles. The van der Waals surface area contributed by atoms with E-state index in [1.807, 2.05) is 52.8 Å². The molecular weight excluding hydrogens is 472 g/mol. The maximum atomic E-state index is 14.6. The minimum atomic E-state index is -1.28. The SMILES string of the molecule is C=CCN(C(=O)C1N([C@@H](CO)CC(C)C)C(=O)[C@@H]2[C@H](C(=O)O)[C@@]3(C)OC12CC3C)c1cc(C)ccc1C. The summed E-state index contributed by atoms with van der Waals surface area (Å²) in [5.74, 6) is -3.94. The summed E-state index contributed by atoms with van der Waals surface area (Å²) in [5, 5.41) is 20.7. The normalized spacial score (nSPS) is 33.1. The van der Waals surface area contributed by atoms with E-state index in [-0.39, 0.29) is 30.9 Å². The number of amides is 2. The van der Waals surface area contributed by atoms with Gasteiger partial charge in [-0.25, -0.2) is 0 Å². The molecule has 2 N–H and O–H groups in total. The van der Waals surface area contributed by atoms with Crippen LogP contribution in [0.3, 0.4) is 0 Å². The highest BCUT2D eigenvalue weighted by molar-refractivity contribution is 6.05. The van der Waals surface area contributed by atoms with E-state index in [2.05, 4.69) is 6.58 Å². The lowest BCUT2D eigenvalue weighted by Crippen LogP contribution is -2.59. The number of aliphatic hydroxyl groups is 1. The van der Waals surface area contributed by atoms with Crippen molar-refractivity contribution >= 4 is 23.5 Å². The van der Waals surface area contributed by atoms with Crippen molar-refractivity contribution in [3.05, 3.63) is 42.0 Å². The van der Waals surface area contributed by atoms with Crippen LogP contribution in [-0.2, 0) is 19.1 Å². The van der Waals surface area contributed by atoms with Crippen molar-refractivity contribution in [1.82, 2.24) is 4.90 Å². The third-order valence-electron chi connectivity index (χ3n) is 8.83. The molecule has 7 atom stereocenters. The Bertz CT molecular complexity index is 1120. The number of fused-ring (bicyclic) bond motifs is 1. The summed E-state index contributed by atoms with van der Waals surface area (Å²) < 4.78 is 6.61. The smallest absolute Gasteiger partial charge is 0.310 e. The molecule has 37 heavy (non-hydrogen) atoms. The van der Waals surface area contributed by atoms with Gasteiger partial charge in [0.1, 0.15) is 17.6 Å². The molecule has 0 radical (unpaired) electrons. The Labute approximate surface area is 219 Å². The van der Waals surface area contributed by atoms with Gasteiger partial charge in [0.05, 0.1) is 24.2 Å². The molecule has 2 amide bonds. The standard InChI is InChI=1S/C29H40N2O6/c1-8-11-30(21-13-17(4)9-10-18(21)5)26(34)24-29-14-19(6)28(7,37-29)23(27(35)36)22(29)25(33)31(24)20(15-32)12-16(2)3/h8-10,13,16,19-20,22-24,32H,1,11-12,14-15H2,2-7H3,(H,35,36)/t19?,20-,22+,23-,24?,28+,29?/m1/s1. The second-order valence-corrected chi connectivity index (χ2v) is 11.8. The number of ether oxygens (including phenoxy) is 1. The zero-order valence-corrected chi connectivity index (χ0v) is 22.7. The molecule has 0 saturated carbocycles. The van der Waals surface area contributed by atoms with E-state index >= 15 is 0 Å². The summed E-state index contributed by atoms with van der Waals surface area (Å²) in [7, 11) is 0. The number of benzene rings is 1. The number of carbonyl (C=O) groups excluding carboxylic acids is 2. The van der Waals surface area contributed by atoms with Crippen LogP contribution < -0.4 is 4.90 Å². The summed E-state index contributed by atoms with van der Waals surface area (Å²) in [6.45, 7) is 15.3. The van der Waals surface area contributed by atoms with E-state index in [0.717, 1.165) is 11.1 Å². The van der Waals surface area contributed by atoms with Crippen molar-refractivity contribution in [2.75, 3.05) is 18.1 Å². The highest BCUT2D eigenvalue weighted by Gasteiger charge is 2.80. The second-order valence-electron chi connectivity index (χ2n) is 11.8. The minimum Gasteiger partial charge on any atom is -0.481 e. The quantitative estimate of drug-likeness (QED) is 0.492. The van der Waals surface area contributed by atoms with Crippen LogP contribution in [0.4, 0.5) is 5.69 Å². The number of anilines is 1. The lowest BCUT2D eigenvalue weighted by Gasteiger charge is -2.40. The van der Waals surface area contributed by atoms with Crippen LogP contribution in [-0.4, -0.2) is 69.3 Å². The number of aliphatic hydroxyl groups excluding tert-OH is 1. The van der Waals surface area contributed by atoms with Crippen molar-refractivity contribution in [3.63, 3.8) is 0 Å². The molecule has 3 fully saturated rings. The van der Waals surface area contributed by atoms with Gasteiger partial charge in [-0.2, -0.15) is 0 Å². The van der Waals surface area contributed by atoms with Crippen LogP contribution in [0, 0.1) is 37.5 Å². The zero-order chi connectivity index (χ0) is 27.4. The van der Waals surface area contributed by atoms with Crippen LogP contribution in [0.25, 0.3) is 0 Å². The molecule has 1 aromatic rings. The molecule has 8 heteroatoms. The molecule has 0 aliphatic carbocycles. The topological polar surface area (TPSA) is 107 Å². The van der Waals surface area contributed by atoms with Crippen LogP contribution in [0.15, 0.2) is 30.9 Å². The Morgan fingerprint density at radius 2 is 2.00 bits per heavy atom. The van der Waals surface area contributed by atoms with Gasteiger partial charge in [0.2, 0.25) is 5.91 Å². The van der Waals surface area contributed by atoms with E-state index < -0.39 is 47.0 Å². The fourth-order valence-electron chi connectivity index (χ4n) is 7.14. The van der Waals surface area contributed by atoms with Crippen LogP contribution in [0.5, 0.6) is 0 Å². The predicted octanol–water partition coefficient (Wildman–Crippen LogP) is 3.32. The number of aryl methyl sites for hydroxylation is 2. The van der Waals surface area contributed by atoms with Crippen LogP contribution >= 0.6 is 0 Å². The fourth-order valence-corrected chi connectivity index (χ4v) is 7.14. The Morgan fingerprint density at radius 3 is 2.57 bits per heavy atom. The van der Waals surface area contributed by atoms with Crippen molar-refractivity contribution in [2.24, 2.45) is 23.7 Å². The van der Waals surface area contributed by atoms with Gasteiger partial charge in [0, 0.05) is 12.2 Å². The first-order valence-corrected chi connectivity index (χ1v) is 13.2. The van der Waals surface area contributed by atoms with Gasteiger partial charge in [-0.3, -0.25) is 14.4 Å². The first kappa shape index (κ1) is 27.3. The molecule has 3 saturated heterocycles. The van der Waals surface area contributed by atoms with Gasteiger partial charge in [-0.1, -0.05) is 39.0 Å². The van der Waals surface area contributed by atoms with Gasteiger partial charge in [-0.05, 0) is 62.6 Å². The van der Waals surface area contributed by atoms with Crippen molar-refractivity contribution in [2.45, 2.75) is 77.7 Å². The van der Waals surface area contributed by atoms with Gasteiger partial charge in [0.25, 0.3) is 5.91 Å². The summed E-state index contributed by atoms with van der Waals surface area (Å²) >= 11 is 0. The Morgan fingerprint density at radius 1 is 1.32 bits per heavy atom.